The molecule has 0 bridgehead atoms. The van der Waals surface area contributed by atoms with E-state index in [0.29, 0.717) is 25.4 Å². The number of benzene rings is 1. The summed E-state index contributed by atoms with van der Waals surface area (Å²) < 4.78 is 5.72. The number of ether oxygens (including phenoxy) is 1. The number of hydrogen-bond donors (Lipinski definition) is 3. The normalized spacial score (nSPS) is 10.6. The third-order valence-electron chi connectivity index (χ3n) is 3.53. The van der Waals surface area contributed by atoms with Gasteiger partial charge in [0.2, 0.25) is 5.91 Å². The van der Waals surface area contributed by atoms with Crippen molar-refractivity contribution in [3.05, 3.63) is 54.4 Å². The predicted octanol–water partition coefficient (Wildman–Crippen LogP) is 2.83. The van der Waals surface area contributed by atoms with E-state index in [-0.39, 0.29) is 29.9 Å². The zero-order chi connectivity index (χ0) is 19.3. The summed E-state index contributed by atoms with van der Waals surface area (Å²) in [4.78, 5) is 20.0. The van der Waals surface area contributed by atoms with Crippen LogP contribution in [-0.2, 0) is 11.2 Å². The Bertz CT molecular complexity index is 740. The molecule has 7 nitrogen and oxygen atoms in total. The van der Waals surface area contributed by atoms with Gasteiger partial charge in [0.25, 0.3) is 0 Å². The van der Waals surface area contributed by atoms with Gasteiger partial charge in [-0.1, -0.05) is 12.1 Å². The average Bonchev–Trinajstić information content (AvgIpc) is 2.66. The molecule has 3 N–H and O–H groups in total. The fourth-order valence-electron chi connectivity index (χ4n) is 2.38. The highest BCUT2D eigenvalue weighted by atomic mass is 127. The second kappa shape index (κ2) is 13.8. The highest BCUT2D eigenvalue weighted by Crippen LogP contribution is 2.16. The van der Waals surface area contributed by atoms with Gasteiger partial charge in [-0.15, -0.1) is 24.0 Å². The van der Waals surface area contributed by atoms with E-state index < -0.39 is 0 Å². The maximum Gasteiger partial charge on any atom is 0.221 e. The van der Waals surface area contributed by atoms with Crippen LogP contribution >= 0.6 is 24.0 Å². The third-order valence-corrected chi connectivity index (χ3v) is 3.53. The molecule has 1 amide bonds. The maximum absolute atomic E-state index is 11.1. The molecule has 0 aliphatic rings. The van der Waals surface area contributed by atoms with E-state index in [2.05, 4.69) is 25.9 Å². The van der Waals surface area contributed by atoms with Gasteiger partial charge in [0.1, 0.15) is 12.4 Å². The Morgan fingerprint density at radius 3 is 2.75 bits per heavy atom. The van der Waals surface area contributed by atoms with Crippen LogP contribution in [0, 0.1) is 0 Å². The summed E-state index contributed by atoms with van der Waals surface area (Å²) >= 11 is 0. The van der Waals surface area contributed by atoms with Crippen molar-refractivity contribution >= 4 is 41.5 Å². The number of aromatic nitrogens is 1. The molecule has 0 unspecified atom stereocenters. The summed E-state index contributed by atoms with van der Waals surface area (Å²) in [5.41, 5.74) is 1.75. The third kappa shape index (κ3) is 9.54. The Kier molecular flexibility index (Phi) is 11.6. The minimum Gasteiger partial charge on any atom is -0.492 e. The first-order valence-corrected chi connectivity index (χ1v) is 9.10. The molecule has 1 heterocycles. The number of pyridine rings is 1. The Hall–Kier alpha value is -2.36. The van der Waals surface area contributed by atoms with Gasteiger partial charge in [-0.3, -0.25) is 14.8 Å². The molecule has 0 spiro atoms. The van der Waals surface area contributed by atoms with Gasteiger partial charge < -0.3 is 20.7 Å². The van der Waals surface area contributed by atoms with Crippen molar-refractivity contribution in [1.82, 2.24) is 15.6 Å². The van der Waals surface area contributed by atoms with E-state index in [1.165, 1.54) is 6.92 Å². The van der Waals surface area contributed by atoms with Gasteiger partial charge >= 0.3 is 0 Å². The van der Waals surface area contributed by atoms with Crippen molar-refractivity contribution in [2.24, 2.45) is 4.99 Å². The number of hydrogen-bond acceptors (Lipinski definition) is 4. The molecule has 0 radical (unpaired) electrons. The number of halogens is 1. The number of anilines is 1. The molecular weight excluding hydrogens is 469 g/mol. The molecule has 0 saturated heterocycles. The molecule has 152 valence electrons. The highest BCUT2D eigenvalue weighted by Gasteiger charge is 2.00. The Labute approximate surface area is 183 Å². The van der Waals surface area contributed by atoms with Gasteiger partial charge in [-0.05, 0) is 31.2 Å². The lowest BCUT2D eigenvalue weighted by atomic mass is 10.3. The first-order valence-electron chi connectivity index (χ1n) is 9.10. The topological polar surface area (TPSA) is 87.6 Å². The van der Waals surface area contributed by atoms with Crippen molar-refractivity contribution < 1.29 is 9.53 Å². The summed E-state index contributed by atoms with van der Waals surface area (Å²) in [6.45, 7) is 6.04. The number of rotatable bonds is 9. The quantitative estimate of drug-likeness (QED) is 0.215. The first kappa shape index (κ1) is 23.7. The predicted molar refractivity (Wildman–Crippen MR) is 124 cm³/mol. The van der Waals surface area contributed by atoms with E-state index in [4.69, 9.17) is 4.74 Å². The average molecular weight is 497 g/mol. The molecular formula is C20H28IN5O2. The van der Waals surface area contributed by atoms with Crippen LogP contribution in [0.5, 0.6) is 5.75 Å². The van der Waals surface area contributed by atoms with Crippen LogP contribution in [0.25, 0.3) is 0 Å². The molecule has 1 aromatic carbocycles. The lowest BCUT2D eigenvalue weighted by Crippen LogP contribution is -2.39. The minimum atomic E-state index is -0.106. The number of nitrogens with one attached hydrogen (secondary N) is 3. The summed E-state index contributed by atoms with van der Waals surface area (Å²) in [7, 11) is 0. The van der Waals surface area contributed by atoms with Crippen molar-refractivity contribution in [3.8, 4) is 5.75 Å². The lowest BCUT2D eigenvalue weighted by Gasteiger charge is -2.12. The number of carbonyl (C=O) groups excluding carboxylic acids is 1. The molecule has 28 heavy (non-hydrogen) atoms. The van der Waals surface area contributed by atoms with Crippen molar-refractivity contribution in [2.45, 2.75) is 20.3 Å². The molecule has 8 heteroatoms. The van der Waals surface area contributed by atoms with Gasteiger partial charge in [-0.2, -0.15) is 0 Å². The number of guanidine groups is 1. The number of aliphatic imine (C=N–C) groups is 1. The van der Waals surface area contributed by atoms with Gasteiger partial charge in [0.05, 0.1) is 6.54 Å². The molecule has 1 aromatic heterocycles. The zero-order valence-corrected chi connectivity index (χ0v) is 18.6. The number of carbonyl (C=O) groups is 1. The molecule has 2 rings (SSSR count). The van der Waals surface area contributed by atoms with Gasteiger partial charge in [0.15, 0.2) is 5.96 Å². The van der Waals surface area contributed by atoms with Crippen LogP contribution in [0.15, 0.2) is 53.7 Å². The molecule has 2 aromatic rings. The second-order valence-electron chi connectivity index (χ2n) is 5.82. The Morgan fingerprint density at radius 1 is 1.18 bits per heavy atom. The van der Waals surface area contributed by atoms with E-state index in [1.54, 1.807) is 12.3 Å². The fraction of sp³-hybridized carbons (Fsp3) is 0.350. The zero-order valence-electron chi connectivity index (χ0n) is 16.3. The van der Waals surface area contributed by atoms with Crippen molar-refractivity contribution in [3.63, 3.8) is 0 Å². The summed E-state index contributed by atoms with van der Waals surface area (Å²) in [6.07, 6.45) is 2.59. The summed E-state index contributed by atoms with van der Waals surface area (Å²) in [6, 6.07) is 13.2. The maximum atomic E-state index is 11.1. The van der Waals surface area contributed by atoms with Gasteiger partial charge in [-0.25, -0.2) is 0 Å². The smallest absolute Gasteiger partial charge is 0.221 e. The van der Waals surface area contributed by atoms with E-state index in [9.17, 15) is 4.79 Å². The number of nitrogens with zero attached hydrogens (tertiary/aromatic N) is 2. The van der Waals surface area contributed by atoms with Gasteiger partial charge in [0, 0.05) is 50.1 Å². The van der Waals surface area contributed by atoms with Crippen molar-refractivity contribution in [2.75, 3.05) is 31.6 Å². The summed E-state index contributed by atoms with van der Waals surface area (Å²) in [5.74, 6) is 1.36. The van der Waals surface area contributed by atoms with Crippen LogP contribution < -0.4 is 20.7 Å². The summed E-state index contributed by atoms with van der Waals surface area (Å²) in [5, 5.41) is 9.20. The van der Waals surface area contributed by atoms with Crippen LogP contribution in [-0.4, -0.2) is 43.1 Å². The largest absolute Gasteiger partial charge is 0.492 e. The second-order valence-corrected chi connectivity index (χ2v) is 5.82. The van der Waals surface area contributed by atoms with E-state index >= 15 is 0 Å². The Morgan fingerprint density at radius 2 is 2.04 bits per heavy atom. The molecule has 0 aliphatic heterocycles. The molecule has 0 aliphatic carbocycles. The molecule has 0 fully saturated rings. The Balaban J connectivity index is 0.00000392. The standard InChI is InChI=1S/C20H27N5O2.HI/c1-3-21-20(23-12-10-17-7-4-5-11-22-17)24-13-14-27-19-9-6-8-18(15-19)25-16(2)26;/h4-9,11,15H,3,10,12-14H2,1-2H3,(H,25,26)(H2,21,23,24);1H. The van der Waals surface area contributed by atoms with Crippen LogP contribution in [0.3, 0.4) is 0 Å². The van der Waals surface area contributed by atoms with Crippen LogP contribution in [0.2, 0.25) is 0 Å². The minimum absolute atomic E-state index is 0. The van der Waals surface area contributed by atoms with Crippen molar-refractivity contribution in [1.29, 1.82) is 0 Å². The van der Waals surface area contributed by atoms with Crippen LogP contribution in [0.1, 0.15) is 19.5 Å². The molecule has 0 saturated carbocycles. The van der Waals surface area contributed by atoms with Crippen LogP contribution in [0.4, 0.5) is 5.69 Å². The highest BCUT2D eigenvalue weighted by molar-refractivity contribution is 14.0. The monoisotopic (exact) mass is 497 g/mol. The lowest BCUT2D eigenvalue weighted by molar-refractivity contribution is -0.114. The van der Waals surface area contributed by atoms with E-state index in [0.717, 1.165) is 30.3 Å². The SMILES string of the molecule is CCNC(=NCCc1ccccn1)NCCOc1cccc(NC(C)=O)c1.I. The first-order chi connectivity index (χ1) is 13.2. The number of amides is 1. The molecule has 0 atom stereocenters. The fourth-order valence-corrected chi connectivity index (χ4v) is 2.38. The van der Waals surface area contributed by atoms with E-state index in [1.807, 2.05) is 43.3 Å².